The quantitative estimate of drug-likeness (QED) is 0.255. The van der Waals surface area contributed by atoms with Crippen molar-refractivity contribution in [2.24, 2.45) is 10.8 Å². The Kier molecular flexibility index (Phi) is 5.71. The first-order valence-electron chi connectivity index (χ1n) is 12.3. The van der Waals surface area contributed by atoms with E-state index in [1.165, 1.54) is 21.4 Å². The number of hydrogen-bond donors (Lipinski definition) is 0. The predicted molar refractivity (Wildman–Crippen MR) is 149 cm³/mol. The first-order valence-corrected chi connectivity index (χ1v) is 13.1. The van der Waals surface area contributed by atoms with E-state index in [0.717, 1.165) is 39.2 Å². The summed E-state index contributed by atoms with van der Waals surface area (Å²) in [5, 5.41) is 3.07. The van der Waals surface area contributed by atoms with Crippen LogP contribution in [0.3, 0.4) is 0 Å². The lowest BCUT2D eigenvalue weighted by atomic mass is 9.86. The highest BCUT2D eigenvalue weighted by Gasteiger charge is 2.20. The zero-order valence-electron chi connectivity index (χ0n) is 21.7. The van der Waals surface area contributed by atoms with Gasteiger partial charge >= 0.3 is 0 Å². The van der Waals surface area contributed by atoms with E-state index in [4.69, 9.17) is 0 Å². The molecule has 0 fully saturated rings. The molecule has 0 N–H and O–H groups in total. The van der Waals surface area contributed by atoms with Crippen molar-refractivity contribution in [2.45, 2.75) is 61.3 Å². The summed E-state index contributed by atoms with van der Waals surface area (Å²) in [5.41, 5.74) is 6.42. The Labute approximate surface area is 211 Å². The molecule has 0 saturated carbocycles. The molecule has 0 spiro atoms. The summed E-state index contributed by atoms with van der Waals surface area (Å²) in [6.45, 7) is 15.7. The van der Waals surface area contributed by atoms with Crippen LogP contribution in [-0.4, -0.2) is 9.97 Å². The van der Waals surface area contributed by atoms with Crippen LogP contribution in [-0.2, 0) is 12.8 Å². The first kappa shape index (κ1) is 23.9. The first-order chi connectivity index (χ1) is 16.4. The molecule has 0 aliphatic carbocycles. The number of fused-ring (bicyclic) bond motifs is 4. The monoisotopic (exact) mass is 484 g/mol. The van der Waals surface area contributed by atoms with E-state index in [1.54, 1.807) is 23.7 Å². The Morgan fingerprint density at radius 1 is 0.800 bits per heavy atom. The van der Waals surface area contributed by atoms with E-state index in [1.807, 2.05) is 12.1 Å². The summed E-state index contributed by atoms with van der Waals surface area (Å²) in [7, 11) is 0. The molecule has 180 valence electrons. The third kappa shape index (κ3) is 4.69. The Hall–Kier alpha value is -2.85. The van der Waals surface area contributed by atoms with Gasteiger partial charge in [-0.15, -0.1) is 11.3 Å². The minimum Gasteiger partial charge on any atom is -0.235 e. The van der Waals surface area contributed by atoms with Crippen LogP contribution in [0.15, 0.2) is 48.8 Å². The molecular formula is C31H33FN2S. The van der Waals surface area contributed by atoms with Gasteiger partial charge in [0.15, 0.2) is 0 Å². The number of aromatic nitrogens is 2. The zero-order chi connectivity index (χ0) is 25.1. The second-order valence-corrected chi connectivity index (χ2v) is 13.2. The second-order valence-electron chi connectivity index (χ2n) is 12.2. The van der Waals surface area contributed by atoms with Crippen molar-refractivity contribution in [2.75, 3.05) is 0 Å². The van der Waals surface area contributed by atoms with E-state index < -0.39 is 0 Å². The molecular weight excluding hydrogens is 451 g/mol. The van der Waals surface area contributed by atoms with Crippen LogP contribution < -0.4 is 0 Å². The molecule has 0 bridgehead atoms. The van der Waals surface area contributed by atoms with Gasteiger partial charge < -0.3 is 0 Å². The van der Waals surface area contributed by atoms with Gasteiger partial charge in [0, 0.05) is 15.6 Å². The Morgan fingerprint density at radius 3 is 2.26 bits per heavy atom. The fourth-order valence-electron chi connectivity index (χ4n) is 4.99. The standard InChI is InChI=1S/C31H33FN2S/c1-18-21(16-31(5,6)7)10-11-23-26-29(35-28(18)23)27(34-17-33-26)24-13-22-12-19(15-30(2,3)4)8-9-20(22)14-25(24)32/h8-14,17H,15-16H2,1-7H3. The van der Waals surface area contributed by atoms with Gasteiger partial charge in [-0.2, -0.15) is 0 Å². The number of nitrogens with zero attached hydrogens (tertiary/aromatic N) is 2. The predicted octanol–water partition coefficient (Wildman–Crippen LogP) is 9.29. The molecule has 0 atom stereocenters. The molecule has 4 heteroatoms. The van der Waals surface area contributed by atoms with E-state index in [2.05, 4.69) is 82.7 Å². The Balaban J connectivity index is 1.69. The smallest absolute Gasteiger partial charge is 0.133 e. The van der Waals surface area contributed by atoms with Gasteiger partial charge in [0.2, 0.25) is 0 Å². The minimum atomic E-state index is -0.247. The average Bonchev–Trinajstić information content (AvgIpc) is 3.13. The van der Waals surface area contributed by atoms with Crippen molar-refractivity contribution < 1.29 is 4.39 Å². The summed E-state index contributed by atoms with van der Waals surface area (Å²) < 4.78 is 17.6. The lowest BCUT2D eigenvalue weighted by Crippen LogP contribution is -2.10. The molecule has 0 unspecified atom stereocenters. The zero-order valence-corrected chi connectivity index (χ0v) is 22.5. The summed E-state index contributed by atoms with van der Waals surface area (Å²) in [4.78, 5) is 9.22. The van der Waals surface area contributed by atoms with E-state index in [9.17, 15) is 0 Å². The number of thiophene rings is 1. The molecule has 0 aliphatic heterocycles. The summed E-state index contributed by atoms with van der Waals surface area (Å²) in [6, 6.07) is 14.3. The van der Waals surface area contributed by atoms with E-state index in [-0.39, 0.29) is 16.6 Å². The van der Waals surface area contributed by atoms with Crippen LogP contribution in [0.4, 0.5) is 4.39 Å². The van der Waals surface area contributed by atoms with Gasteiger partial charge in [-0.3, -0.25) is 0 Å². The summed E-state index contributed by atoms with van der Waals surface area (Å²) in [5.74, 6) is -0.247. The van der Waals surface area contributed by atoms with Crippen LogP contribution in [0.2, 0.25) is 0 Å². The van der Waals surface area contributed by atoms with Crippen LogP contribution in [0.1, 0.15) is 58.2 Å². The van der Waals surface area contributed by atoms with Crippen molar-refractivity contribution in [3.05, 3.63) is 71.3 Å². The van der Waals surface area contributed by atoms with E-state index in [0.29, 0.717) is 11.3 Å². The molecule has 2 heterocycles. The number of halogens is 1. The topological polar surface area (TPSA) is 25.8 Å². The highest BCUT2D eigenvalue weighted by Crippen LogP contribution is 2.41. The molecule has 0 saturated heterocycles. The van der Waals surface area contributed by atoms with Crippen LogP contribution in [0, 0.1) is 23.6 Å². The highest BCUT2D eigenvalue weighted by molar-refractivity contribution is 7.26. The van der Waals surface area contributed by atoms with Gasteiger partial charge in [-0.05, 0) is 70.2 Å². The van der Waals surface area contributed by atoms with Gasteiger partial charge in [-0.1, -0.05) is 71.9 Å². The Morgan fingerprint density at radius 2 is 1.54 bits per heavy atom. The maximum atomic E-state index is 15.4. The van der Waals surface area contributed by atoms with Gasteiger partial charge in [-0.25, -0.2) is 14.4 Å². The molecule has 0 aliphatic rings. The number of hydrogen-bond acceptors (Lipinski definition) is 3. The molecule has 2 aromatic heterocycles. The normalized spacial score (nSPS) is 12.8. The van der Waals surface area contributed by atoms with Gasteiger partial charge in [0.1, 0.15) is 12.1 Å². The maximum absolute atomic E-state index is 15.4. The minimum absolute atomic E-state index is 0.191. The van der Waals surface area contributed by atoms with Crippen LogP contribution in [0.5, 0.6) is 0 Å². The SMILES string of the molecule is Cc1c(CC(C)(C)C)ccc2c1sc1c(-c3cc4cc(CC(C)(C)C)ccc4cc3F)ncnc12. The number of rotatable bonds is 3. The molecule has 0 radical (unpaired) electrons. The molecule has 5 aromatic rings. The lowest BCUT2D eigenvalue weighted by Gasteiger charge is -2.19. The molecule has 0 amide bonds. The number of aryl methyl sites for hydroxylation is 1. The van der Waals surface area contributed by atoms with E-state index >= 15 is 4.39 Å². The summed E-state index contributed by atoms with van der Waals surface area (Å²) >= 11 is 1.68. The van der Waals surface area contributed by atoms with Crippen LogP contribution >= 0.6 is 11.3 Å². The van der Waals surface area contributed by atoms with Gasteiger partial charge in [0.05, 0.1) is 15.9 Å². The molecule has 2 nitrogen and oxygen atoms in total. The second kappa shape index (κ2) is 8.37. The lowest BCUT2D eigenvalue weighted by molar-refractivity contribution is 0.410. The third-order valence-electron chi connectivity index (χ3n) is 6.48. The van der Waals surface area contributed by atoms with Crippen molar-refractivity contribution in [3.63, 3.8) is 0 Å². The fourth-order valence-corrected chi connectivity index (χ4v) is 6.27. The largest absolute Gasteiger partial charge is 0.235 e. The summed E-state index contributed by atoms with van der Waals surface area (Å²) in [6.07, 6.45) is 3.56. The van der Waals surface area contributed by atoms with Gasteiger partial charge in [0.25, 0.3) is 0 Å². The van der Waals surface area contributed by atoms with Crippen molar-refractivity contribution in [3.8, 4) is 11.3 Å². The van der Waals surface area contributed by atoms with Crippen molar-refractivity contribution >= 4 is 42.4 Å². The molecule has 3 aromatic carbocycles. The number of benzene rings is 3. The third-order valence-corrected chi connectivity index (χ3v) is 7.80. The fraction of sp³-hybridized carbons (Fsp3) is 0.355. The highest BCUT2D eigenvalue weighted by atomic mass is 32.1. The molecule has 5 rings (SSSR count). The average molecular weight is 485 g/mol. The van der Waals surface area contributed by atoms with Crippen molar-refractivity contribution in [1.82, 2.24) is 9.97 Å². The van der Waals surface area contributed by atoms with Crippen LogP contribution in [0.25, 0.3) is 42.3 Å². The Bertz CT molecular complexity index is 1580. The molecule has 35 heavy (non-hydrogen) atoms. The maximum Gasteiger partial charge on any atom is 0.133 e. The van der Waals surface area contributed by atoms with Crippen molar-refractivity contribution in [1.29, 1.82) is 0 Å².